The molecule has 1 amide bonds. The van der Waals surface area contributed by atoms with Crippen LogP contribution in [0.3, 0.4) is 0 Å². The van der Waals surface area contributed by atoms with Crippen LogP contribution in [0.25, 0.3) is 0 Å². The van der Waals surface area contributed by atoms with Crippen LogP contribution in [0, 0.1) is 23.4 Å². The van der Waals surface area contributed by atoms with Gasteiger partial charge in [0.2, 0.25) is 5.91 Å². The van der Waals surface area contributed by atoms with Crippen molar-refractivity contribution < 1.29 is 31.1 Å². The second kappa shape index (κ2) is 7.85. The molecule has 0 saturated heterocycles. The molecule has 168 valence electrons. The van der Waals surface area contributed by atoms with Crippen LogP contribution in [0.4, 0.5) is 26.3 Å². The molecule has 1 aromatic carbocycles. The fourth-order valence-corrected chi connectivity index (χ4v) is 4.47. The first-order chi connectivity index (χ1) is 14.5. The maximum absolute atomic E-state index is 14.1. The van der Waals surface area contributed by atoms with Crippen LogP contribution in [0.15, 0.2) is 18.3 Å². The summed E-state index contributed by atoms with van der Waals surface area (Å²) in [6.07, 6.45) is -2.75. The van der Waals surface area contributed by atoms with E-state index in [-0.39, 0.29) is 43.4 Å². The fraction of sp³-hybridized carbons (Fsp3) is 0.500. The van der Waals surface area contributed by atoms with E-state index in [2.05, 4.69) is 4.98 Å². The normalized spacial score (nSPS) is 24.2. The van der Waals surface area contributed by atoms with Crippen molar-refractivity contribution in [3.8, 4) is 0 Å². The molecule has 31 heavy (non-hydrogen) atoms. The Morgan fingerprint density at radius 3 is 2.45 bits per heavy atom. The van der Waals surface area contributed by atoms with Crippen LogP contribution in [-0.2, 0) is 24.1 Å². The molecule has 3 atom stereocenters. The minimum Gasteiger partial charge on any atom is -0.333 e. The molecule has 2 aliphatic rings. The zero-order valence-electron chi connectivity index (χ0n) is 16.3. The summed E-state index contributed by atoms with van der Waals surface area (Å²) >= 11 is 0. The molecule has 0 spiro atoms. The molecule has 1 saturated carbocycles. The minimum atomic E-state index is -4.56. The number of fused-ring (bicyclic) bond motifs is 1. The van der Waals surface area contributed by atoms with E-state index in [0.717, 1.165) is 12.3 Å². The Bertz CT molecular complexity index is 1000. The number of rotatable bonds is 2. The number of hydrogen-bond donors (Lipinski definition) is 1. The predicted molar refractivity (Wildman–Crippen MR) is 97.0 cm³/mol. The molecule has 4 rings (SSSR count). The Balaban J connectivity index is 1.43. The van der Waals surface area contributed by atoms with Gasteiger partial charge in [0.05, 0.1) is 6.54 Å². The number of aromatic nitrogens is 2. The molecule has 11 heteroatoms. The van der Waals surface area contributed by atoms with Crippen molar-refractivity contribution in [1.29, 1.82) is 0 Å². The summed E-state index contributed by atoms with van der Waals surface area (Å²) in [6.45, 7) is 0.403. The van der Waals surface area contributed by atoms with Gasteiger partial charge in [-0.3, -0.25) is 4.79 Å². The van der Waals surface area contributed by atoms with E-state index in [0.29, 0.717) is 18.9 Å². The number of nitrogens with zero attached hydrogens (tertiary/aromatic N) is 3. The summed E-state index contributed by atoms with van der Waals surface area (Å²) in [6, 6.07) is 0.644. The summed E-state index contributed by atoms with van der Waals surface area (Å²) in [5, 5.41) is 0. The first kappa shape index (κ1) is 21.7. The second-order valence-corrected chi connectivity index (χ2v) is 8.06. The van der Waals surface area contributed by atoms with E-state index in [9.17, 15) is 31.1 Å². The van der Waals surface area contributed by atoms with Crippen LogP contribution in [0.2, 0.25) is 0 Å². The lowest BCUT2D eigenvalue weighted by Crippen LogP contribution is -2.45. The van der Waals surface area contributed by atoms with Gasteiger partial charge < -0.3 is 15.2 Å². The maximum atomic E-state index is 14.1. The highest BCUT2D eigenvalue weighted by Crippen LogP contribution is 2.38. The van der Waals surface area contributed by atoms with Crippen molar-refractivity contribution in [3.63, 3.8) is 0 Å². The Morgan fingerprint density at radius 1 is 1.06 bits per heavy atom. The van der Waals surface area contributed by atoms with Crippen LogP contribution in [0.5, 0.6) is 0 Å². The molecule has 2 aromatic rings. The van der Waals surface area contributed by atoms with Crippen molar-refractivity contribution in [2.24, 2.45) is 11.7 Å². The molecule has 1 unspecified atom stereocenters. The third-order valence-electron chi connectivity index (χ3n) is 6.09. The summed E-state index contributed by atoms with van der Waals surface area (Å²) in [5.41, 5.74) is 5.15. The number of amides is 1. The number of carbonyl (C=O) groups excluding carboxylic acids is 1. The van der Waals surface area contributed by atoms with Crippen LogP contribution < -0.4 is 5.73 Å². The van der Waals surface area contributed by atoms with Crippen LogP contribution in [0.1, 0.15) is 42.3 Å². The minimum absolute atomic E-state index is 0.0167. The Morgan fingerprint density at radius 2 is 1.77 bits per heavy atom. The number of carbonyl (C=O) groups is 1. The van der Waals surface area contributed by atoms with Gasteiger partial charge >= 0.3 is 6.18 Å². The number of alkyl halides is 3. The highest BCUT2D eigenvalue weighted by molar-refractivity contribution is 5.79. The molecule has 1 aliphatic heterocycles. The third kappa shape index (κ3) is 4.15. The Hall–Kier alpha value is -2.56. The smallest absolute Gasteiger partial charge is 0.333 e. The lowest BCUT2D eigenvalue weighted by Gasteiger charge is -2.37. The van der Waals surface area contributed by atoms with E-state index in [1.54, 1.807) is 0 Å². The highest BCUT2D eigenvalue weighted by Gasteiger charge is 2.39. The number of hydrogen-bond acceptors (Lipinski definition) is 3. The average molecular weight is 446 g/mol. The zero-order valence-corrected chi connectivity index (χ0v) is 16.3. The van der Waals surface area contributed by atoms with E-state index >= 15 is 0 Å². The number of benzene rings is 1. The second-order valence-electron chi connectivity index (χ2n) is 8.06. The first-order valence-electron chi connectivity index (χ1n) is 9.86. The van der Waals surface area contributed by atoms with E-state index in [4.69, 9.17) is 5.73 Å². The van der Waals surface area contributed by atoms with Gasteiger partial charge in [-0.2, -0.15) is 13.2 Å². The van der Waals surface area contributed by atoms with Gasteiger partial charge in [0, 0.05) is 43.2 Å². The predicted octanol–water partition coefficient (Wildman–Crippen LogP) is 3.57. The lowest BCUT2D eigenvalue weighted by molar-refractivity contribution is -0.141. The number of halogens is 6. The van der Waals surface area contributed by atoms with Gasteiger partial charge in [-0.25, -0.2) is 18.2 Å². The largest absolute Gasteiger partial charge is 0.434 e. The molecule has 1 aliphatic carbocycles. The van der Waals surface area contributed by atoms with E-state index < -0.39 is 47.2 Å². The maximum Gasteiger partial charge on any atom is 0.434 e. The third-order valence-corrected chi connectivity index (χ3v) is 6.09. The summed E-state index contributed by atoms with van der Waals surface area (Å²) in [5.74, 6) is -4.46. The van der Waals surface area contributed by atoms with Gasteiger partial charge in [0.15, 0.2) is 17.3 Å². The monoisotopic (exact) mass is 446 g/mol. The van der Waals surface area contributed by atoms with Gasteiger partial charge in [0.25, 0.3) is 0 Å². The molecule has 1 fully saturated rings. The van der Waals surface area contributed by atoms with Crippen molar-refractivity contribution in [2.75, 3.05) is 6.54 Å². The van der Waals surface area contributed by atoms with Gasteiger partial charge in [-0.05, 0) is 30.9 Å². The van der Waals surface area contributed by atoms with Gasteiger partial charge in [0.1, 0.15) is 11.6 Å². The molecule has 0 radical (unpaired) electrons. The molecular formula is C20H20F6N4O. The van der Waals surface area contributed by atoms with Crippen molar-refractivity contribution in [1.82, 2.24) is 14.5 Å². The molecular weight excluding hydrogens is 426 g/mol. The molecule has 1 aromatic heterocycles. The van der Waals surface area contributed by atoms with Gasteiger partial charge in [-0.1, -0.05) is 0 Å². The fourth-order valence-electron chi connectivity index (χ4n) is 4.47. The number of nitrogens with two attached hydrogens (primary N) is 1. The lowest BCUT2D eigenvalue weighted by atomic mass is 9.75. The standard InChI is InChI=1S/C20H20F6N4O/c21-13-7-15(23)14(22)6-12(13)11-2-1-10(5-16(11)27)19(31)30-4-3-29-8-17(20(24,25)26)28-18(29)9-30/h6-8,10-11,16H,1-5,9,27H2/t10?,11-,16+/m1/s1. The Labute approximate surface area is 173 Å². The zero-order chi connectivity index (χ0) is 22.5. The van der Waals surface area contributed by atoms with Crippen molar-refractivity contribution in [3.05, 3.63) is 52.9 Å². The van der Waals surface area contributed by atoms with Crippen molar-refractivity contribution in [2.45, 2.75) is 50.5 Å². The first-order valence-corrected chi connectivity index (χ1v) is 9.86. The molecule has 2 heterocycles. The van der Waals surface area contributed by atoms with Crippen LogP contribution >= 0.6 is 0 Å². The summed E-state index contributed by atoms with van der Waals surface area (Å²) in [7, 11) is 0. The topological polar surface area (TPSA) is 64.2 Å². The SMILES string of the molecule is N[C@H]1CC(C(=O)N2CCn3cc(C(F)(F)F)nc3C2)CC[C@@H]1c1cc(F)c(F)cc1F. The average Bonchev–Trinajstić information content (AvgIpc) is 3.14. The quantitative estimate of drug-likeness (QED) is 0.567. The molecule has 0 bridgehead atoms. The van der Waals surface area contributed by atoms with Gasteiger partial charge in [-0.15, -0.1) is 0 Å². The van der Waals surface area contributed by atoms with Crippen molar-refractivity contribution >= 4 is 5.91 Å². The molecule has 5 nitrogen and oxygen atoms in total. The van der Waals surface area contributed by atoms with E-state index in [1.807, 2.05) is 0 Å². The summed E-state index contributed by atoms with van der Waals surface area (Å²) < 4.78 is 80.9. The Kier molecular flexibility index (Phi) is 5.48. The number of imidazole rings is 1. The van der Waals surface area contributed by atoms with E-state index in [1.165, 1.54) is 9.47 Å². The summed E-state index contributed by atoms with van der Waals surface area (Å²) in [4.78, 5) is 18.0. The van der Waals surface area contributed by atoms with Crippen LogP contribution in [-0.4, -0.2) is 32.9 Å². The molecule has 2 N–H and O–H groups in total. The highest BCUT2D eigenvalue weighted by atomic mass is 19.4.